The number of rotatable bonds is 11. The molecule has 0 spiro atoms. The second-order valence-electron chi connectivity index (χ2n) is 7.13. The third-order valence-corrected chi connectivity index (χ3v) is 7.17. The van der Waals surface area contributed by atoms with Crippen LogP contribution < -0.4 is 0 Å². The van der Waals surface area contributed by atoms with Gasteiger partial charge in [-0.2, -0.15) is 0 Å². The summed E-state index contributed by atoms with van der Waals surface area (Å²) in [6, 6.07) is 0.905. The van der Waals surface area contributed by atoms with Crippen molar-refractivity contribution in [2.24, 2.45) is 11.8 Å². The van der Waals surface area contributed by atoms with E-state index >= 15 is 0 Å². The summed E-state index contributed by atoms with van der Waals surface area (Å²) in [5.74, 6) is 1.22. The van der Waals surface area contributed by atoms with Gasteiger partial charge in [0.15, 0.2) is 0 Å². The Balaban J connectivity index is 5.12. The van der Waals surface area contributed by atoms with E-state index in [2.05, 4.69) is 62.3 Å². The molecular weight excluding hydrogens is 280 g/mol. The molecule has 3 nitrogen and oxygen atoms in total. The summed E-state index contributed by atoms with van der Waals surface area (Å²) in [5.41, 5.74) is 0. The van der Waals surface area contributed by atoms with Crippen molar-refractivity contribution in [3.05, 3.63) is 0 Å². The Kier molecular flexibility index (Phi) is 10.0. The van der Waals surface area contributed by atoms with E-state index in [1.165, 1.54) is 12.8 Å². The van der Waals surface area contributed by atoms with E-state index in [-0.39, 0.29) is 18.3 Å². The average molecular weight is 319 g/mol. The summed E-state index contributed by atoms with van der Waals surface area (Å²) in [7, 11) is -2.64. The van der Waals surface area contributed by atoms with Crippen LogP contribution in [0.25, 0.3) is 0 Å². The summed E-state index contributed by atoms with van der Waals surface area (Å²) in [5, 5.41) is 0. The van der Waals surface area contributed by atoms with Gasteiger partial charge in [0.1, 0.15) is 0 Å². The van der Waals surface area contributed by atoms with Crippen LogP contribution in [0.2, 0.25) is 6.04 Å². The summed E-state index contributed by atoms with van der Waals surface area (Å²) in [4.78, 5) is 0. The van der Waals surface area contributed by atoms with Gasteiger partial charge in [-0.15, -0.1) is 0 Å². The van der Waals surface area contributed by atoms with Crippen molar-refractivity contribution in [2.45, 2.75) is 99.5 Å². The molecule has 2 atom stereocenters. The van der Waals surface area contributed by atoms with Crippen LogP contribution in [-0.4, -0.2) is 27.1 Å². The van der Waals surface area contributed by atoms with E-state index in [0.717, 1.165) is 6.04 Å². The first-order valence-electron chi connectivity index (χ1n) is 8.65. The molecule has 0 aliphatic heterocycles. The Morgan fingerprint density at radius 3 is 1.33 bits per heavy atom. The van der Waals surface area contributed by atoms with Gasteiger partial charge >= 0.3 is 8.80 Å². The zero-order chi connectivity index (χ0) is 16.6. The third kappa shape index (κ3) is 8.96. The molecule has 0 rings (SSSR count). The van der Waals surface area contributed by atoms with E-state index in [4.69, 9.17) is 13.3 Å². The molecule has 0 saturated carbocycles. The Hall–Kier alpha value is 0.0969. The van der Waals surface area contributed by atoms with Gasteiger partial charge < -0.3 is 13.3 Å². The topological polar surface area (TPSA) is 27.7 Å². The lowest BCUT2D eigenvalue weighted by Crippen LogP contribution is -2.52. The fourth-order valence-electron chi connectivity index (χ4n) is 2.64. The Labute approximate surface area is 134 Å². The van der Waals surface area contributed by atoms with Crippen LogP contribution >= 0.6 is 0 Å². The summed E-state index contributed by atoms with van der Waals surface area (Å²) in [6.07, 6.45) is 2.85. The van der Waals surface area contributed by atoms with E-state index in [1.54, 1.807) is 0 Å². The third-order valence-electron chi connectivity index (χ3n) is 3.53. The molecule has 0 heterocycles. The molecule has 0 N–H and O–H groups in total. The predicted octanol–water partition coefficient (Wildman–Crippen LogP) is 5.27. The van der Waals surface area contributed by atoms with E-state index in [9.17, 15) is 0 Å². The van der Waals surface area contributed by atoms with Crippen LogP contribution in [0.1, 0.15) is 75.2 Å². The molecule has 0 bridgehead atoms. The average Bonchev–Trinajstić information content (AvgIpc) is 2.25. The molecule has 2 unspecified atom stereocenters. The van der Waals surface area contributed by atoms with Gasteiger partial charge in [-0.05, 0) is 53.4 Å². The van der Waals surface area contributed by atoms with Crippen LogP contribution in [0.15, 0.2) is 0 Å². The van der Waals surface area contributed by atoms with Gasteiger partial charge in [-0.3, -0.25) is 0 Å². The van der Waals surface area contributed by atoms with E-state index in [0.29, 0.717) is 11.8 Å². The number of hydrogen-bond acceptors (Lipinski definition) is 3. The van der Waals surface area contributed by atoms with Crippen molar-refractivity contribution < 1.29 is 13.3 Å². The lowest BCUT2D eigenvalue weighted by molar-refractivity contribution is -0.000895. The standard InChI is InChI=1S/C17H38O3Si/c1-10-11-16(8)17(9)12-21(18-13(2)3,19-14(4)5)20-15(6)7/h13-17H,10-12H2,1-9H3. The molecule has 21 heavy (non-hydrogen) atoms. The fraction of sp³-hybridized carbons (Fsp3) is 1.00. The maximum atomic E-state index is 6.25. The molecular formula is C17H38O3Si. The first kappa shape index (κ1) is 21.1. The summed E-state index contributed by atoms with van der Waals surface area (Å²) >= 11 is 0. The minimum absolute atomic E-state index is 0.128. The van der Waals surface area contributed by atoms with Gasteiger partial charge in [0.25, 0.3) is 0 Å². The highest BCUT2D eigenvalue weighted by Crippen LogP contribution is 2.31. The molecule has 0 fully saturated rings. The number of hydrogen-bond donors (Lipinski definition) is 0. The Bertz CT molecular complexity index is 240. The van der Waals surface area contributed by atoms with Crippen molar-refractivity contribution >= 4 is 8.80 Å². The smallest absolute Gasteiger partial charge is 0.371 e. The predicted molar refractivity (Wildman–Crippen MR) is 92.5 cm³/mol. The molecule has 0 aromatic heterocycles. The minimum Gasteiger partial charge on any atom is -0.371 e. The SMILES string of the molecule is CCCC(C)C(C)C[Si](OC(C)C)(OC(C)C)OC(C)C. The Morgan fingerprint density at radius 1 is 0.667 bits per heavy atom. The largest absolute Gasteiger partial charge is 0.501 e. The quantitative estimate of drug-likeness (QED) is 0.485. The van der Waals surface area contributed by atoms with E-state index < -0.39 is 8.80 Å². The molecule has 0 radical (unpaired) electrons. The molecule has 128 valence electrons. The van der Waals surface area contributed by atoms with Gasteiger partial charge in [0.05, 0.1) is 0 Å². The van der Waals surface area contributed by atoms with Gasteiger partial charge in [-0.1, -0.05) is 33.6 Å². The molecule has 0 aliphatic carbocycles. The first-order chi connectivity index (χ1) is 9.61. The highest BCUT2D eigenvalue weighted by atomic mass is 28.4. The highest BCUT2D eigenvalue weighted by molar-refractivity contribution is 6.61. The van der Waals surface area contributed by atoms with Crippen molar-refractivity contribution in [1.29, 1.82) is 0 Å². The zero-order valence-electron chi connectivity index (χ0n) is 15.7. The lowest BCUT2D eigenvalue weighted by atomic mass is 9.93. The van der Waals surface area contributed by atoms with Crippen LogP contribution in [0.4, 0.5) is 0 Å². The molecule has 0 aromatic rings. The Morgan fingerprint density at radius 2 is 1.05 bits per heavy atom. The first-order valence-corrected chi connectivity index (χ1v) is 10.6. The summed E-state index contributed by atoms with van der Waals surface area (Å²) < 4.78 is 18.8. The van der Waals surface area contributed by atoms with Crippen LogP contribution in [0.5, 0.6) is 0 Å². The summed E-state index contributed by atoms with van der Waals surface area (Å²) in [6.45, 7) is 19.3. The second kappa shape index (κ2) is 9.98. The van der Waals surface area contributed by atoms with Crippen LogP contribution in [-0.2, 0) is 13.3 Å². The maximum Gasteiger partial charge on any atom is 0.501 e. The molecule has 0 aromatic carbocycles. The van der Waals surface area contributed by atoms with Gasteiger partial charge in [0, 0.05) is 24.4 Å². The fourth-order valence-corrected chi connectivity index (χ4v) is 6.44. The van der Waals surface area contributed by atoms with Crippen molar-refractivity contribution in [1.82, 2.24) is 0 Å². The van der Waals surface area contributed by atoms with Crippen molar-refractivity contribution in [3.63, 3.8) is 0 Å². The minimum atomic E-state index is -2.64. The van der Waals surface area contributed by atoms with Gasteiger partial charge in [0.2, 0.25) is 0 Å². The normalized spacial score (nSPS) is 16.0. The van der Waals surface area contributed by atoms with Crippen LogP contribution in [0.3, 0.4) is 0 Å². The maximum absolute atomic E-state index is 6.25. The zero-order valence-corrected chi connectivity index (χ0v) is 16.7. The van der Waals surface area contributed by atoms with Gasteiger partial charge in [-0.25, -0.2) is 0 Å². The van der Waals surface area contributed by atoms with Crippen LogP contribution in [0, 0.1) is 11.8 Å². The van der Waals surface area contributed by atoms with E-state index in [1.807, 2.05) is 0 Å². The monoisotopic (exact) mass is 318 g/mol. The molecule has 0 aliphatic rings. The highest BCUT2D eigenvalue weighted by Gasteiger charge is 2.45. The lowest BCUT2D eigenvalue weighted by Gasteiger charge is -2.37. The second-order valence-corrected chi connectivity index (χ2v) is 9.61. The molecule has 4 heteroatoms. The molecule has 0 amide bonds. The molecule has 0 saturated heterocycles. The van der Waals surface area contributed by atoms with Crippen molar-refractivity contribution in [3.8, 4) is 0 Å². The van der Waals surface area contributed by atoms with Crippen molar-refractivity contribution in [2.75, 3.05) is 0 Å².